The summed E-state index contributed by atoms with van der Waals surface area (Å²) in [6, 6.07) is 11.5. The lowest BCUT2D eigenvalue weighted by Gasteiger charge is -2.32. The number of hydrogen-bond acceptors (Lipinski definition) is 2. The average Bonchev–Trinajstić information content (AvgIpc) is 2.44. The molecule has 2 aromatic rings. The maximum atomic E-state index is 4.07. The molecule has 0 fully saturated rings. The Kier molecular flexibility index (Phi) is 2.88. The summed E-state index contributed by atoms with van der Waals surface area (Å²) in [4.78, 5) is 6.48. The van der Waals surface area contributed by atoms with Crippen LogP contribution in [0.3, 0.4) is 0 Å². The maximum absolute atomic E-state index is 4.07. The Morgan fingerprint density at radius 3 is 2.67 bits per heavy atom. The van der Waals surface area contributed by atoms with Crippen LogP contribution in [0.5, 0.6) is 0 Å². The number of rotatable bonds is 1. The Bertz CT molecular complexity index is 548. The summed E-state index contributed by atoms with van der Waals surface area (Å²) >= 11 is 0. The first kappa shape index (κ1) is 11.4. The first-order chi connectivity index (χ1) is 8.75. The summed E-state index contributed by atoms with van der Waals surface area (Å²) in [5, 5.41) is 0. The molecule has 0 saturated heterocycles. The monoisotopic (exact) mass is 238 g/mol. The minimum Gasteiger partial charge on any atom is -0.299 e. The molecule has 0 saturated carbocycles. The molecule has 1 unspecified atom stereocenters. The fourth-order valence-corrected chi connectivity index (χ4v) is 2.68. The van der Waals surface area contributed by atoms with Crippen molar-refractivity contribution in [1.29, 1.82) is 0 Å². The van der Waals surface area contributed by atoms with Gasteiger partial charge < -0.3 is 0 Å². The summed E-state index contributed by atoms with van der Waals surface area (Å²) in [6.45, 7) is 3.43. The van der Waals surface area contributed by atoms with Crippen LogP contribution >= 0.6 is 0 Å². The Morgan fingerprint density at radius 2 is 1.89 bits per heavy atom. The lowest BCUT2D eigenvalue weighted by Crippen LogP contribution is -2.30. The number of aromatic nitrogens is 1. The van der Waals surface area contributed by atoms with E-state index in [1.54, 1.807) is 0 Å². The van der Waals surface area contributed by atoms with Gasteiger partial charge in [0, 0.05) is 25.0 Å². The lowest BCUT2D eigenvalue weighted by molar-refractivity contribution is 0.247. The summed E-state index contributed by atoms with van der Waals surface area (Å²) in [5.41, 5.74) is 5.52. The first-order valence-electron chi connectivity index (χ1n) is 6.49. The fraction of sp³-hybridized carbons (Fsp3) is 0.312. The SMILES string of the molecule is CC1c2ccc(-c3ccncc3)cc2CCN1C. The Hall–Kier alpha value is -1.67. The summed E-state index contributed by atoms with van der Waals surface area (Å²) in [5.74, 6) is 0. The van der Waals surface area contributed by atoms with E-state index in [-0.39, 0.29) is 0 Å². The van der Waals surface area contributed by atoms with Crippen molar-refractivity contribution in [2.75, 3.05) is 13.6 Å². The van der Waals surface area contributed by atoms with Crippen molar-refractivity contribution < 1.29 is 0 Å². The van der Waals surface area contributed by atoms with Gasteiger partial charge in [-0.3, -0.25) is 9.88 Å². The second-order valence-corrected chi connectivity index (χ2v) is 5.06. The van der Waals surface area contributed by atoms with Crippen LogP contribution in [0.25, 0.3) is 11.1 Å². The zero-order chi connectivity index (χ0) is 12.5. The fourth-order valence-electron chi connectivity index (χ4n) is 2.68. The van der Waals surface area contributed by atoms with Crippen LogP contribution in [0.1, 0.15) is 24.1 Å². The highest BCUT2D eigenvalue weighted by molar-refractivity contribution is 5.64. The van der Waals surface area contributed by atoms with Gasteiger partial charge in [0.1, 0.15) is 0 Å². The van der Waals surface area contributed by atoms with Gasteiger partial charge in [0.2, 0.25) is 0 Å². The molecule has 2 heteroatoms. The largest absolute Gasteiger partial charge is 0.299 e. The molecule has 1 atom stereocenters. The van der Waals surface area contributed by atoms with Gasteiger partial charge >= 0.3 is 0 Å². The predicted octanol–water partition coefficient (Wildman–Crippen LogP) is 3.30. The smallest absolute Gasteiger partial charge is 0.0319 e. The summed E-state index contributed by atoms with van der Waals surface area (Å²) in [6.07, 6.45) is 4.85. The molecule has 1 aliphatic rings. The van der Waals surface area contributed by atoms with Crippen LogP contribution < -0.4 is 0 Å². The predicted molar refractivity (Wildman–Crippen MR) is 74.4 cm³/mol. The number of nitrogens with zero attached hydrogens (tertiary/aromatic N) is 2. The molecule has 2 heterocycles. The van der Waals surface area contributed by atoms with E-state index < -0.39 is 0 Å². The third kappa shape index (κ3) is 1.93. The van der Waals surface area contributed by atoms with E-state index in [2.05, 4.69) is 54.2 Å². The highest BCUT2D eigenvalue weighted by Crippen LogP contribution is 2.31. The van der Waals surface area contributed by atoms with Crippen LogP contribution in [0.2, 0.25) is 0 Å². The van der Waals surface area contributed by atoms with Gasteiger partial charge in [0.25, 0.3) is 0 Å². The molecule has 0 radical (unpaired) electrons. The van der Waals surface area contributed by atoms with E-state index in [1.165, 1.54) is 22.3 Å². The van der Waals surface area contributed by atoms with Crippen molar-refractivity contribution in [3.8, 4) is 11.1 Å². The molecular weight excluding hydrogens is 220 g/mol. The molecule has 0 aliphatic carbocycles. The number of pyridine rings is 1. The van der Waals surface area contributed by atoms with Crippen LogP contribution in [0, 0.1) is 0 Å². The van der Waals surface area contributed by atoms with Crippen LogP contribution in [-0.2, 0) is 6.42 Å². The third-order valence-corrected chi connectivity index (χ3v) is 4.00. The van der Waals surface area contributed by atoms with Gasteiger partial charge in [-0.05, 0) is 54.8 Å². The first-order valence-corrected chi connectivity index (χ1v) is 6.49. The zero-order valence-electron chi connectivity index (χ0n) is 10.9. The minimum absolute atomic E-state index is 0.528. The van der Waals surface area contributed by atoms with Gasteiger partial charge in [-0.2, -0.15) is 0 Å². The molecule has 0 spiro atoms. The van der Waals surface area contributed by atoms with Gasteiger partial charge in [-0.25, -0.2) is 0 Å². The molecule has 0 amide bonds. The second-order valence-electron chi connectivity index (χ2n) is 5.06. The Morgan fingerprint density at radius 1 is 1.11 bits per heavy atom. The molecule has 3 rings (SSSR count). The molecule has 92 valence electrons. The van der Waals surface area contributed by atoms with Crippen molar-refractivity contribution >= 4 is 0 Å². The van der Waals surface area contributed by atoms with E-state index in [0.29, 0.717) is 6.04 Å². The minimum atomic E-state index is 0.528. The van der Waals surface area contributed by atoms with Gasteiger partial charge in [0.15, 0.2) is 0 Å². The molecule has 1 aromatic carbocycles. The lowest BCUT2D eigenvalue weighted by atomic mass is 9.91. The van der Waals surface area contributed by atoms with Crippen molar-refractivity contribution in [3.05, 3.63) is 53.9 Å². The van der Waals surface area contributed by atoms with Crippen molar-refractivity contribution in [2.45, 2.75) is 19.4 Å². The van der Waals surface area contributed by atoms with E-state index in [1.807, 2.05) is 12.4 Å². The quantitative estimate of drug-likeness (QED) is 0.758. The van der Waals surface area contributed by atoms with Crippen molar-refractivity contribution in [1.82, 2.24) is 9.88 Å². The van der Waals surface area contributed by atoms with Crippen LogP contribution in [0.4, 0.5) is 0 Å². The zero-order valence-corrected chi connectivity index (χ0v) is 10.9. The molecule has 0 bridgehead atoms. The molecule has 1 aromatic heterocycles. The number of fused-ring (bicyclic) bond motifs is 1. The highest BCUT2D eigenvalue weighted by atomic mass is 15.1. The van der Waals surface area contributed by atoms with Gasteiger partial charge in [0.05, 0.1) is 0 Å². The summed E-state index contributed by atoms with van der Waals surface area (Å²) in [7, 11) is 2.20. The van der Waals surface area contributed by atoms with E-state index in [4.69, 9.17) is 0 Å². The Labute approximate surface area is 108 Å². The molecule has 0 N–H and O–H groups in total. The standard InChI is InChI=1S/C16H18N2/c1-12-16-4-3-14(13-5-8-17-9-6-13)11-15(16)7-10-18(12)2/h3-6,8-9,11-12H,7,10H2,1-2H3. The number of likely N-dealkylation sites (N-methyl/N-ethyl adjacent to an activating group) is 1. The third-order valence-electron chi connectivity index (χ3n) is 4.00. The van der Waals surface area contributed by atoms with E-state index in [0.717, 1.165) is 13.0 Å². The molecular formula is C16H18N2. The van der Waals surface area contributed by atoms with E-state index >= 15 is 0 Å². The highest BCUT2D eigenvalue weighted by Gasteiger charge is 2.20. The average molecular weight is 238 g/mol. The van der Waals surface area contributed by atoms with Gasteiger partial charge in [-0.15, -0.1) is 0 Å². The topological polar surface area (TPSA) is 16.1 Å². The Balaban J connectivity index is 2.02. The van der Waals surface area contributed by atoms with Gasteiger partial charge in [-0.1, -0.05) is 18.2 Å². The second kappa shape index (κ2) is 4.54. The molecule has 18 heavy (non-hydrogen) atoms. The van der Waals surface area contributed by atoms with E-state index in [9.17, 15) is 0 Å². The van der Waals surface area contributed by atoms with Crippen molar-refractivity contribution in [3.63, 3.8) is 0 Å². The van der Waals surface area contributed by atoms with Crippen LogP contribution in [0.15, 0.2) is 42.7 Å². The maximum Gasteiger partial charge on any atom is 0.0319 e. The number of benzene rings is 1. The number of hydrogen-bond donors (Lipinski definition) is 0. The molecule has 2 nitrogen and oxygen atoms in total. The van der Waals surface area contributed by atoms with Crippen LogP contribution in [-0.4, -0.2) is 23.5 Å². The molecule has 1 aliphatic heterocycles. The normalized spacial score (nSPS) is 19.6. The summed E-state index contributed by atoms with van der Waals surface area (Å²) < 4.78 is 0. The van der Waals surface area contributed by atoms with Crippen molar-refractivity contribution in [2.24, 2.45) is 0 Å².